The number of ether oxygens (including phenoxy) is 1. The summed E-state index contributed by atoms with van der Waals surface area (Å²) in [5, 5.41) is 5.64. The van der Waals surface area contributed by atoms with Gasteiger partial charge in [-0.1, -0.05) is 12.6 Å². The number of pyridine rings is 1. The molecule has 1 aliphatic carbocycles. The van der Waals surface area contributed by atoms with Crippen LogP contribution in [0.5, 0.6) is 0 Å². The van der Waals surface area contributed by atoms with Crippen molar-refractivity contribution in [1.29, 1.82) is 0 Å². The van der Waals surface area contributed by atoms with Gasteiger partial charge in [-0.25, -0.2) is 20.6 Å². The molecule has 10 heteroatoms. The quantitative estimate of drug-likeness (QED) is 0.109. The third-order valence-electron chi connectivity index (χ3n) is 4.06. The molecule has 0 spiro atoms. The number of nitrogens with zero attached hydrogens (tertiary/aromatic N) is 2. The highest BCUT2D eigenvalue weighted by Crippen LogP contribution is 2.25. The molecule has 1 heterocycles. The Hall–Kier alpha value is -2.59. The van der Waals surface area contributed by atoms with Gasteiger partial charge < -0.3 is 20.8 Å². The summed E-state index contributed by atoms with van der Waals surface area (Å²) in [5.74, 6) is 5.88. The maximum absolute atomic E-state index is 12.0. The summed E-state index contributed by atoms with van der Waals surface area (Å²) >= 11 is 4.37. The van der Waals surface area contributed by atoms with Crippen molar-refractivity contribution >= 4 is 36.3 Å². The lowest BCUT2D eigenvalue weighted by atomic mass is 10.2. The predicted molar refractivity (Wildman–Crippen MR) is 110 cm³/mol. The zero-order valence-corrected chi connectivity index (χ0v) is 16.5. The van der Waals surface area contributed by atoms with E-state index in [0.29, 0.717) is 29.1 Å². The molecule has 1 unspecified atom stereocenters. The van der Waals surface area contributed by atoms with Crippen molar-refractivity contribution in [2.45, 2.75) is 37.0 Å². The van der Waals surface area contributed by atoms with Crippen LogP contribution < -0.4 is 21.9 Å². The second-order valence-electron chi connectivity index (χ2n) is 6.28. The second kappa shape index (κ2) is 11.3. The molecular weight excluding hydrogens is 380 g/mol. The Morgan fingerprint density at radius 1 is 1.36 bits per heavy atom. The van der Waals surface area contributed by atoms with Crippen molar-refractivity contribution in [2.75, 3.05) is 13.1 Å². The topological polar surface area (TPSA) is 131 Å². The van der Waals surface area contributed by atoms with Crippen LogP contribution in [0.15, 0.2) is 35.8 Å². The fourth-order valence-corrected chi connectivity index (χ4v) is 3.08. The van der Waals surface area contributed by atoms with Crippen molar-refractivity contribution in [3.05, 3.63) is 36.5 Å². The minimum Gasteiger partial charge on any atom is -0.446 e. The Morgan fingerprint density at radius 3 is 2.82 bits per heavy atom. The van der Waals surface area contributed by atoms with E-state index >= 15 is 0 Å². The molecule has 0 aromatic carbocycles. The summed E-state index contributed by atoms with van der Waals surface area (Å²) in [5.41, 5.74) is 2.96. The number of rotatable bonds is 8. The molecule has 1 aliphatic rings. The number of nitrogens with two attached hydrogens (primary N) is 1. The van der Waals surface area contributed by atoms with E-state index in [1.807, 2.05) is 0 Å². The molecule has 0 aliphatic heterocycles. The Bertz CT molecular complexity index is 727. The summed E-state index contributed by atoms with van der Waals surface area (Å²) in [6.07, 6.45) is 3.58. The number of carbonyl (C=O) groups is 2. The second-order valence-corrected chi connectivity index (χ2v) is 7.01. The Kier molecular flexibility index (Phi) is 8.76. The van der Waals surface area contributed by atoms with Crippen LogP contribution >= 0.6 is 12.6 Å². The number of hydrogen-bond acceptors (Lipinski definition) is 7. The van der Waals surface area contributed by atoms with E-state index in [-0.39, 0.29) is 25.0 Å². The van der Waals surface area contributed by atoms with Gasteiger partial charge in [-0.15, -0.1) is 0 Å². The van der Waals surface area contributed by atoms with Crippen molar-refractivity contribution in [3.63, 3.8) is 0 Å². The summed E-state index contributed by atoms with van der Waals surface area (Å²) < 4.78 is 5.29. The Labute approximate surface area is 169 Å². The maximum atomic E-state index is 12.0. The number of carbonyl (C=O) groups excluding carboxylic acids is 2. The zero-order valence-electron chi connectivity index (χ0n) is 15.6. The summed E-state index contributed by atoms with van der Waals surface area (Å²) in [6, 6.07) is 5.17. The van der Waals surface area contributed by atoms with Gasteiger partial charge in [0.2, 0.25) is 5.91 Å². The van der Waals surface area contributed by atoms with Gasteiger partial charge in [0.25, 0.3) is 0 Å². The molecule has 5 N–H and O–H groups in total. The number of hydrogen-bond donors (Lipinski definition) is 5. The summed E-state index contributed by atoms with van der Waals surface area (Å²) in [6.45, 7) is 4.15. The number of amides is 2. The standard InChI is InChI=1S/C18H26N6O3S/c1-2-15(24-19)23-16-5-3-4-12(22-16)10-17(25)20-8-9-21-18(26)27-13-6-7-14(28)11-13/h2-5,13-14,28H,1,6-11,19H2,(H,20,25)(H,21,26)(H,22,23,24)/t13-,14?/m1/s1. The first-order chi connectivity index (χ1) is 13.5. The minimum atomic E-state index is -0.472. The molecule has 2 amide bonds. The maximum Gasteiger partial charge on any atom is 0.407 e. The Balaban J connectivity index is 1.69. The molecule has 1 fully saturated rings. The lowest BCUT2D eigenvalue weighted by Gasteiger charge is -2.12. The smallest absolute Gasteiger partial charge is 0.407 e. The molecule has 2 atom stereocenters. The first kappa shape index (κ1) is 21.7. The van der Waals surface area contributed by atoms with E-state index < -0.39 is 6.09 Å². The van der Waals surface area contributed by atoms with Gasteiger partial charge in [0.05, 0.1) is 12.1 Å². The molecule has 0 radical (unpaired) electrons. The lowest BCUT2D eigenvalue weighted by Crippen LogP contribution is -2.36. The van der Waals surface area contributed by atoms with Crippen molar-refractivity contribution < 1.29 is 14.3 Å². The minimum absolute atomic E-state index is 0.0748. The lowest BCUT2D eigenvalue weighted by molar-refractivity contribution is -0.120. The van der Waals surface area contributed by atoms with Crippen molar-refractivity contribution in [1.82, 2.24) is 21.0 Å². The van der Waals surface area contributed by atoms with Gasteiger partial charge >= 0.3 is 6.09 Å². The van der Waals surface area contributed by atoms with E-state index in [2.05, 4.69) is 45.2 Å². The first-order valence-electron chi connectivity index (χ1n) is 9.03. The third kappa shape index (κ3) is 7.57. The monoisotopic (exact) mass is 406 g/mol. The van der Waals surface area contributed by atoms with Gasteiger partial charge in [-0.3, -0.25) is 4.79 Å². The molecule has 9 nitrogen and oxygen atoms in total. The number of nitrogens with one attached hydrogen (secondary N) is 3. The highest BCUT2D eigenvalue weighted by atomic mass is 32.1. The number of amidine groups is 1. The van der Waals surface area contributed by atoms with Crippen LogP contribution in [0.25, 0.3) is 0 Å². The molecule has 1 aromatic rings. The normalized spacial score (nSPS) is 19.0. The molecule has 1 aromatic heterocycles. The number of alkyl carbamates (subject to hydrolysis) is 1. The van der Waals surface area contributed by atoms with Crippen molar-refractivity contribution in [2.24, 2.45) is 10.8 Å². The van der Waals surface area contributed by atoms with E-state index in [1.54, 1.807) is 18.2 Å². The Morgan fingerprint density at radius 2 is 2.14 bits per heavy atom. The third-order valence-corrected chi connectivity index (χ3v) is 4.53. The number of thiol groups is 1. The van der Waals surface area contributed by atoms with Crippen LogP contribution in [0, 0.1) is 0 Å². The van der Waals surface area contributed by atoms with E-state index in [1.165, 1.54) is 6.08 Å². The van der Waals surface area contributed by atoms with Gasteiger partial charge in [-0.2, -0.15) is 12.6 Å². The number of aliphatic imine (C=N–C) groups is 1. The largest absolute Gasteiger partial charge is 0.446 e. The van der Waals surface area contributed by atoms with Crippen LogP contribution in [0.1, 0.15) is 25.0 Å². The molecule has 1 saturated carbocycles. The average molecular weight is 407 g/mol. The zero-order chi connectivity index (χ0) is 20.4. The molecule has 0 bridgehead atoms. The van der Waals surface area contributed by atoms with Gasteiger partial charge in [0, 0.05) is 18.3 Å². The van der Waals surface area contributed by atoms with Crippen LogP contribution in [0.4, 0.5) is 10.6 Å². The van der Waals surface area contributed by atoms with E-state index in [0.717, 1.165) is 19.3 Å². The van der Waals surface area contributed by atoms with E-state index in [9.17, 15) is 9.59 Å². The van der Waals surface area contributed by atoms with Crippen LogP contribution in [-0.2, 0) is 16.0 Å². The van der Waals surface area contributed by atoms with Crippen LogP contribution in [0.3, 0.4) is 0 Å². The van der Waals surface area contributed by atoms with Crippen LogP contribution in [-0.4, -0.2) is 47.3 Å². The average Bonchev–Trinajstić information content (AvgIpc) is 3.08. The number of aromatic nitrogens is 1. The SMILES string of the molecule is C=CC(=Nc1cccc(CC(=O)NCCNC(=O)O[C@@H]2CCC(S)C2)n1)NN. The fraction of sp³-hybridized carbons (Fsp3) is 0.444. The van der Waals surface area contributed by atoms with Crippen molar-refractivity contribution in [3.8, 4) is 0 Å². The highest BCUT2D eigenvalue weighted by Gasteiger charge is 2.24. The molecule has 28 heavy (non-hydrogen) atoms. The predicted octanol–water partition coefficient (Wildman–Crippen LogP) is 0.997. The first-order valence-corrected chi connectivity index (χ1v) is 9.54. The number of hydrazine groups is 1. The molecule has 0 saturated heterocycles. The molecule has 152 valence electrons. The van der Waals surface area contributed by atoms with E-state index in [4.69, 9.17) is 10.6 Å². The van der Waals surface area contributed by atoms with Gasteiger partial charge in [-0.05, 0) is 37.5 Å². The van der Waals surface area contributed by atoms with Crippen LogP contribution in [0.2, 0.25) is 0 Å². The van der Waals surface area contributed by atoms with Gasteiger partial charge in [0.15, 0.2) is 5.82 Å². The molecule has 2 rings (SSSR count). The summed E-state index contributed by atoms with van der Waals surface area (Å²) in [4.78, 5) is 32.2. The van der Waals surface area contributed by atoms with Gasteiger partial charge in [0.1, 0.15) is 11.9 Å². The molecular formula is C18H26N6O3S. The fourth-order valence-electron chi connectivity index (χ4n) is 2.70. The summed E-state index contributed by atoms with van der Waals surface area (Å²) in [7, 11) is 0. The highest BCUT2D eigenvalue weighted by molar-refractivity contribution is 7.80.